The Morgan fingerprint density at radius 1 is 1.21 bits per heavy atom. The van der Waals surface area contributed by atoms with Gasteiger partial charge in [0.2, 0.25) is 5.91 Å². The second-order valence-electron chi connectivity index (χ2n) is 8.90. The summed E-state index contributed by atoms with van der Waals surface area (Å²) in [5.41, 5.74) is 2.59. The van der Waals surface area contributed by atoms with Crippen LogP contribution >= 0.6 is 23.4 Å². The first kappa shape index (κ1) is 26.8. The van der Waals surface area contributed by atoms with E-state index in [0.717, 1.165) is 66.8 Å². The van der Waals surface area contributed by atoms with Crippen LogP contribution in [0.1, 0.15) is 62.3 Å². The lowest BCUT2D eigenvalue weighted by atomic mass is 10.0. The van der Waals surface area contributed by atoms with Crippen LogP contribution in [0, 0.1) is 0 Å². The number of halogens is 1. The van der Waals surface area contributed by atoms with Crippen LogP contribution in [0.5, 0.6) is 0 Å². The number of hydrogen-bond donors (Lipinski definition) is 1. The summed E-state index contributed by atoms with van der Waals surface area (Å²) in [6, 6.07) is 7.62. The van der Waals surface area contributed by atoms with Crippen LogP contribution in [0.25, 0.3) is 0 Å². The number of carbonyl (C=O) groups is 1. The SMILES string of the molecule is CCc1nc(SCCCCC(=O)NCCN2CCCCC2)n(C)c(=O)c1Cc1cccc(Cl)c1. The molecular formula is C26H37ClN4O2S. The smallest absolute Gasteiger partial charge is 0.257 e. The van der Waals surface area contributed by atoms with Gasteiger partial charge in [-0.15, -0.1) is 0 Å². The molecule has 6 nitrogen and oxygen atoms in total. The summed E-state index contributed by atoms with van der Waals surface area (Å²) < 4.78 is 1.65. The second kappa shape index (κ2) is 13.9. The predicted octanol–water partition coefficient (Wildman–Crippen LogP) is 4.45. The minimum Gasteiger partial charge on any atom is -0.355 e. The number of thioether (sulfide) groups is 1. The Bertz CT molecular complexity index is 1000. The van der Waals surface area contributed by atoms with E-state index in [9.17, 15) is 9.59 Å². The number of piperidine rings is 1. The topological polar surface area (TPSA) is 67.2 Å². The lowest BCUT2D eigenvalue weighted by molar-refractivity contribution is -0.121. The van der Waals surface area contributed by atoms with E-state index in [4.69, 9.17) is 16.6 Å². The molecule has 0 unspecified atom stereocenters. The number of benzene rings is 1. The number of rotatable bonds is 12. The Labute approximate surface area is 212 Å². The van der Waals surface area contributed by atoms with Crippen molar-refractivity contribution >= 4 is 29.3 Å². The summed E-state index contributed by atoms with van der Waals surface area (Å²) in [6.07, 6.45) is 7.41. The molecule has 3 rings (SSSR count). The molecule has 0 bridgehead atoms. The summed E-state index contributed by atoms with van der Waals surface area (Å²) >= 11 is 7.70. The van der Waals surface area contributed by atoms with Crippen molar-refractivity contribution in [1.29, 1.82) is 0 Å². The van der Waals surface area contributed by atoms with Crippen LogP contribution in [0.2, 0.25) is 5.02 Å². The van der Waals surface area contributed by atoms with E-state index in [1.807, 2.05) is 31.2 Å². The Morgan fingerprint density at radius 3 is 2.74 bits per heavy atom. The molecule has 1 aliphatic rings. The van der Waals surface area contributed by atoms with Crippen molar-refractivity contribution in [2.24, 2.45) is 7.05 Å². The molecule has 0 saturated carbocycles. The molecule has 1 fully saturated rings. The fraction of sp³-hybridized carbons (Fsp3) is 0.577. The number of likely N-dealkylation sites (tertiary alicyclic amines) is 1. The molecule has 1 saturated heterocycles. The Hall–Kier alpha value is -1.83. The van der Waals surface area contributed by atoms with E-state index < -0.39 is 0 Å². The van der Waals surface area contributed by atoms with Gasteiger partial charge < -0.3 is 10.2 Å². The van der Waals surface area contributed by atoms with Gasteiger partial charge in [-0.3, -0.25) is 14.2 Å². The quantitative estimate of drug-likeness (QED) is 0.263. The maximum Gasteiger partial charge on any atom is 0.257 e. The van der Waals surface area contributed by atoms with Gasteiger partial charge in [0, 0.05) is 49.3 Å². The van der Waals surface area contributed by atoms with E-state index in [0.29, 0.717) is 24.3 Å². The molecule has 1 aliphatic heterocycles. The highest BCUT2D eigenvalue weighted by atomic mass is 35.5. The van der Waals surface area contributed by atoms with E-state index in [2.05, 4.69) is 10.2 Å². The lowest BCUT2D eigenvalue weighted by Gasteiger charge is -2.26. The summed E-state index contributed by atoms with van der Waals surface area (Å²) in [7, 11) is 1.79. The first-order valence-corrected chi connectivity index (χ1v) is 13.8. The summed E-state index contributed by atoms with van der Waals surface area (Å²) in [4.78, 5) is 32.4. The molecule has 0 atom stereocenters. The molecular weight excluding hydrogens is 468 g/mol. The third kappa shape index (κ3) is 8.14. The molecule has 0 radical (unpaired) electrons. The van der Waals surface area contributed by atoms with Gasteiger partial charge >= 0.3 is 0 Å². The molecule has 2 heterocycles. The lowest BCUT2D eigenvalue weighted by Crippen LogP contribution is -2.37. The molecule has 0 aliphatic carbocycles. The molecule has 2 aromatic rings. The number of nitrogens with zero attached hydrogens (tertiary/aromatic N) is 3. The molecule has 1 aromatic heterocycles. The fourth-order valence-electron chi connectivity index (χ4n) is 4.30. The van der Waals surface area contributed by atoms with Gasteiger partial charge in [0.1, 0.15) is 0 Å². The fourth-order valence-corrected chi connectivity index (χ4v) is 5.49. The molecule has 1 aromatic carbocycles. The highest BCUT2D eigenvalue weighted by Gasteiger charge is 2.15. The third-order valence-corrected chi connectivity index (χ3v) is 7.61. The molecule has 1 N–H and O–H groups in total. The normalized spacial score (nSPS) is 14.3. The number of hydrogen-bond acceptors (Lipinski definition) is 5. The van der Waals surface area contributed by atoms with Gasteiger partial charge in [0.05, 0.1) is 5.69 Å². The van der Waals surface area contributed by atoms with Gasteiger partial charge in [-0.25, -0.2) is 4.98 Å². The van der Waals surface area contributed by atoms with Gasteiger partial charge in [0.15, 0.2) is 5.16 Å². The van der Waals surface area contributed by atoms with Crippen molar-refractivity contribution in [3.8, 4) is 0 Å². The van der Waals surface area contributed by atoms with Gasteiger partial charge in [-0.05, 0) is 62.9 Å². The van der Waals surface area contributed by atoms with E-state index in [1.54, 1.807) is 23.4 Å². The van der Waals surface area contributed by atoms with Crippen molar-refractivity contribution in [1.82, 2.24) is 19.8 Å². The minimum atomic E-state index is 0.00223. The molecule has 34 heavy (non-hydrogen) atoms. The zero-order valence-electron chi connectivity index (χ0n) is 20.4. The standard InChI is InChI=1S/C26H37ClN4O2S/c1-3-23-22(19-20-10-9-11-21(27)18-20)25(33)30(2)26(29-23)34-17-8-5-12-24(32)28-13-16-31-14-6-4-7-15-31/h9-11,18H,3-8,12-17,19H2,1-2H3,(H,28,32). The summed E-state index contributed by atoms with van der Waals surface area (Å²) in [6.45, 7) is 6.03. The number of nitrogens with one attached hydrogen (secondary N) is 1. The maximum absolute atomic E-state index is 13.1. The first-order chi connectivity index (χ1) is 16.5. The van der Waals surface area contributed by atoms with Crippen LogP contribution in [-0.2, 0) is 24.7 Å². The van der Waals surface area contributed by atoms with Crippen LogP contribution in [-0.4, -0.2) is 52.3 Å². The number of amides is 1. The molecule has 1 amide bonds. The van der Waals surface area contributed by atoms with Crippen molar-refractivity contribution in [2.45, 2.75) is 63.4 Å². The highest BCUT2D eigenvalue weighted by Crippen LogP contribution is 2.20. The average Bonchev–Trinajstić information content (AvgIpc) is 2.84. The van der Waals surface area contributed by atoms with Crippen LogP contribution in [0.3, 0.4) is 0 Å². The van der Waals surface area contributed by atoms with Crippen LogP contribution < -0.4 is 10.9 Å². The van der Waals surface area contributed by atoms with Crippen molar-refractivity contribution in [3.63, 3.8) is 0 Å². The van der Waals surface area contributed by atoms with E-state index >= 15 is 0 Å². The first-order valence-electron chi connectivity index (χ1n) is 12.4. The Kier molecular flexibility index (Phi) is 10.9. The summed E-state index contributed by atoms with van der Waals surface area (Å²) in [5.74, 6) is 0.962. The second-order valence-corrected chi connectivity index (χ2v) is 10.4. The van der Waals surface area contributed by atoms with Gasteiger partial charge in [-0.2, -0.15) is 0 Å². The third-order valence-electron chi connectivity index (χ3n) is 6.26. The number of aryl methyl sites for hydroxylation is 1. The van der Waals surface area contributed by atoms with E-state index in [1.165, 1.54) is 19.3 Å². The Morgan fingerprint density at radius 2 is 2.00 bits per heavy atom. The zero-order chi connectivity index (χ0) is 24.3. The predicted molar refractivity (Wildman–Crippen MR) is 141 cm³/mol. The number of unbranched alkanes of at least 4 members (excludes halogenated alkanes) is 1. The van der Waals surface area contributed by atoms with Crippen LogP contribution in [0.4, 0.5) is 0 Å². The van der Waals surface area contributed by atoms with Gasteiger partial charge in [0.25, 0.3) is 5.56 Å². The summed E-state index contributed by atoms with van der Waals surface area (Å²) in [5, 5.41) is 4.45. The zero-order valence-corrected chi connectivity index (χ0v) is 22.0. The number of aromatic nitrogens is 2. The average molecular weight is 505 g/mol. The van der Waals surface area contributed by atoms with Crippen LogP contribution in [0.15, 0.2) is 34.2 Å². The number of carbonyl (C=O) groups excluding carboxylic acids is 1. The largest absolute Gasteiger partial charge is 0.355 e. The monoisotopic (exact) mass is 504 g/mol. The maximum atomic E-state index is 13.1. The van der Waals surface area contributed by atoms with Crippen molar-refractivity contribution in [3.05, 3.63) is 56.5 Å². The van der Waals surface area contributed by atoms with Crippen molar-refractivity contribution < 1.29 is 4.79 Å². The molecule has 0 spiro atoms. The highest BCUT2D eigenvalue weighted by molar-refractivity contribution is 7.99. The van der Waals surface area contributed by atoms with Crippen molar-refractivity contribution in [2.75, 3.05) is 31.9 Å². The minimum absolute atomic E-state index is 0.00223. The van der Waals surface area contributed by atoms with Gasteiger partial charge in [-0.1, -0.05) is 48.8 Å². The molecule has 186 valence electrons. The van der Waals surface area contributed by atoms with E-state index in [-0.39, 0.29) is 11.5 Å². The molecule has 8 heteroatoms. The Balaban J connectivity index is 1.44.